The highest BCUT2D eigenvalue weighted by Gasteiger charge is 2.18. The molecule has 0 saturated carbocycles. The van der Waals surface area contributed by atoms with E-state index in [0.29, 0.717) is 0 Å². The van der Waals surface area contributed by atoms with Gasteiger partial charge in [0.15, 0.2) is 0 Å². The summed E-state index contributed by atoms with van der Waals surface area (Å²) in [7, 11) is 0. The molecule has 0 heterocycles. The lowest BCUT2D eigenvalue weighted by atomic mass is 10.1. The van der Waals surface area contributed by atoms with Crippen molar-refractivity contribution in [3.05, 3.63) is 38.9 Å². The molecule has 5 nitrogen and oxygen atoms in total. The molecular formula is C12H15ClN2O3. The van der Waals surface area contributed by atoms with Crippen molar-refractivity contribution in [2.24, 2.45) is 5.92 Å². The second-order valence-electron chi connectivity index (χ2n) is 4.43. The van der Waals surface area contributed by atoms with Gasteiger partial charge >= 0.3 is 0 Å². The molecular weight excluding hydrogens is 256 g/mol. The maximum absolute atomic E-state index is 11.9. The molecule has 0 aliphatic rings. The van der Waals surface area contributed by atoms with Crippen LogP contribution in [0.5, 0.6) is 0 Å². The van der Waals surface area contributed by atoms with Crippen LogP contribution in [-0.2, 0) is 0 Å². The van der Waals surface area contributed by atoms with Crippen molar-refractivity contribution in [3.8, 4) is 0 Å². The van der Waals surface area contributed by atoms with E-state index in [2.05, 4.69) is 5.32 Å². The topological polar surface area (TPSA) is 72.2 Å². The lowest BCUT2D eigenvalue weighted by molar-refractivity contribution is -0.384. The number of nitrogens with one attached hydrogen (secondary N) is 1. The van der Waals surface area contributed by atoms with Crippen LogP contribution in [0, 0.1) is 16.0 Å². The van der Waals surface area contributed by atoms with Gasteiger partial charge in [-0.05, 0) is 25.0 Å². The third kappa shape index (κ3) is 3.43. The third-order valence-corrected chi connectivity index (χ3v) is 3.08. The molecule has 0 bridgehead atoms. The van der Waals surface area contributed by atoms with Gasteiger partial charge in [0.05, 0.1) is 4.92 Å². The Hall–Kier alpha value is -1.62. The lowest BCUT2D eigenvalue weighted by Gasteiger charge is -2.17. The molecule has 6 heteroatoms. The van der Waals surface area contributed by atoms with E-state index in [-0.39, 0.29) is 34.1 Å². The van der Waals surface area contributed by atoms with E-state index in [0.717, 1.165) is 0 Å². The second kappa shape index (κ2) is 5.82. The molecule has 0 unspecified atom stereocenters. The summed E-state index contributed by atoms with van der Waals surface area (Å²) in [5, 5.41) is 13.5. The summed E-state index contributed by atoms with van der Waals surface area (Å²) in [6.07, 6.45) is 0. The molecule has 0 aromatic heterocycles. The van der Waals surface area contributed by atoms with Gasteiger partial charge in [0.2, 0.25) is 0 Å². The van der Waals surface area contributed by atoms with E-state index < -0.39 is 4.92 Å². The van der Waals surface area contributed by atoms with Gasteiger partial charge in [-0.15, -0.1) is 0 Å². The highest BCUT2D eigenvalue weighted by molar-refractivity contribution is 6.32. The number of carbonyl (C=O) groups excluding carboxylic acids is 1. The smallest absolute Gasteiger partial charge is 0.288 e. The predicted octanol–water partition coefficient (Wildman–Crippen LogP) is 3.02. The van der Waals surface area contributed by atoms with E-state index in [1.807, 2.05) is 20.8 Å². The molecule has 1 aromatic rings. The Bertz CT molecular complexity index is 474. The van der Waals surface area contributed by atoms with Crippen LogP contribution in [-0.4, -0.2) is 16.9 Å². The van der Waals surface area contributed by atoms with Crippen LogP contribution in [0.4, 0.5) is 5.69 Å². The Morgan fingerprint density at radius 3 is 2.50 bits per heavy atom. The number of amides is 1. The van der Waals surface area contributed by atoms with Crippen molar-refractivity contribution in [3.63, 3.8) is 0 Å². The van der Waals surface area contributed by atoms with Crippen molar-refractivity contribution < 1.29 is 9.72 Å². The molecule has 0 aliphatic carbocycles. The Morgan fingerprint density at radius 2 is 2.00 bits per heavy atom. The van der Waals surface area contributed by atoms with Crippen molar-refractivity contribution in [1.82, 2.24) is 5.32 Å². The Kier molecular flexibility index (Phi) is 4.67. The fourth-order valence-electron chi connectivity index (χ4n) is 1.25. The molecule has 0 aliphatic heterocycles. The number of nitro benzene ring substituents is 1. The van der Waals surface area contributed by atoms with Gasteiger partial charge in [0.1, 0.15) is 5.02 Å². The van der Waals surface area contributed by atoms with Gasteiger partial charge in [-0.25, -0.2) is 0 Å². The van der Waals surface area contributed by atoms with Crippen molar-refractivity contribution in [2.45, 2.75) is 26.8 Å². The van der Waals surface area contributed by atoms with Crippen molar-refractivity contribution in [1.29, 1.82) is 0 Å². The molecule has 18 heavy (non-hydrogen) atoms. The van der Waals surface area contributed by atoms with E-state index in [1.165, 1.54) is 18.2 Å². The third-order valence-electron chi connectivity index (χ3n) is 2.76. The van der Waals surface area contributed by atoms with Crippen LogP contribution in [0.1, 0.15) is 31.1 Å². The number of halogens is 1. The average molecular weight is 271 g/mol. The molecule has 0 saturated heterocycles. The highest BCUT2D eigenvalue weighted by atomic mass is 35.5. The minimum Gasteiger partial charge on any atom is -0.349 e. The summed E-state index contributed by atoms with van der Waals surface area (Å²) in [6, 6.07) is 4.00. The summed E-state index contributed by atoms with van der Waals surface area (Å²) in [5.74, 6) is -0.0489. The molecule has 1 atom stereocenters. The summed E-state index contributed by atoms with van der Waals surface area (Å²) in [5.41, 5.74) is -0.0277. The first kappa shape index (κ1) is 14.4. The van der Waals surface area contributed by atoms with Gasteiger partial charge in [-0.3, -0.25) is 14.9 Å². The first-order chi connectivity index (χ1) is 8.32. The van der Waals surface area contributed by atoms with E-state index in [4.69, 9.17) is 11.6 Å². The molecule has 98 valence electrons. The Morgan fingerprint density at radius 1 is 1.39 bits per heavy atom. The van der Waals surface area contributed by atoms with Crippen LogP contribution in [0.2, 0.25) is 5.02 Å². The maximum atomic E-state index is 11.9. The summed E-state index contributed by atoms with van der Waals surface area (Å²) in [6.45, 7) is 5.84. The largest absolute Gasteiger partial charge is 0.349 e. The SMILES string of the molecule is CC(C)[C@H](C)NC(=O)c1ccc(Cl)c([N+](=O)[O-])c1. The molecule has 1 rings (SSSR count). The zero-order valence-electron chi connectivity index (χ0n) is 10.4. The molecule has 1 aromatic carbocycles. The first-order valence-corrected chi connectivity index (χ1v) is 5.95. The number of rotatable bonds is 4. The van der Waals surface area contributed by atoms with Crippen LogP contribution < -0.4 is 5.32 Å². The number of benzene rings is 1. The van der Waals surface area contributed by atoms with Gasteiger partial charge in [-0.1, -0.05) is 25.4 Å². The van der Waals surface area contributed by atoms with Crippen LogP contribution in [0.3, 0.4) is 0 Å². The standard InChI is InChI=1S/C12H15ClN2O3/c1-7(2)8(3)14-12(16)9-4-5-10(13)11(6-9)15(17)18/h4-8H,1-3H3,(H,14,16)/t8-/m0/s1. The van der Waals surface area contributed by atoms with E-state index >= 15 is 0 Å². The van der Waals surface area contributed by atoms with Gasteiger partial charge in [0, 0.05) is 17.7 Å². The summed E-state index contributed by atoms with van der Waals surface area (Å²) < 4.78 is 0. The minimum atomic E-state index is -0.606. The Labute approximate surface area is 110 Å². The quantitative estimate of drug-likeness (QED) is 0.675. The second-order valence-corrected chi connectivity index (χ2v) is 4.84. The maximum Gasteiger partial charge on any atom is 0.288 e. The molecule has 1 N–H and O–H groups in total. The number of carbonyl (C=O) groups is 1. The van der Waals surface area contributed by atoms with Gasteiger partial charge in [0.25, 0.3) is 11.6 Å². The number of nitro groups is 1. The molecule has 0 radical (unpaired) electrons. The lowest BCUT2D eigenvalue weighted by Crippen LogP contribution is -2.36. The van der Waals surface area contributed by atoms with Crippen LogP contribution in [0.15, 0.2) is 18.2 Å². The van der Waals surface area contributed by atoms with Crippen LogP contribution in [0.25, 0.3) is 0 Å². The van der Waals surface area contributed by atoms with Crippen LogP contribution >= 0.6 is 11.6 Å². The molecule has 1 amide bonds. The summed E-state index contributed by atoms with van der Waals surface area (Å²) >= 11 is 5.68. The van der Waals surface area contributed by atoms with E-state index in [9.17, 15) is 14.9 Å². The predicted molar refractivity (Wildman–Crippen MR) is 69.9 cm³/mol. The van der Waals surface area contributed by atoms with Crippen molar-refractivity contribution >= 4 is 23.2 Å². The number of hydrogen-bond acceptors (Lipinski definition) is 3. The molecule has 0 spiro atoms. The summed E-state index contributed by atoms with van der Waals surface area (Å²) in [4.78, 5) is 22.0. The zero-order valence-corrected chi connectivity index (χ0v) is 11.2. The minimum absolute atomic E-state index is 0.00719. The number of hydrogen-bond donors (Lipinski definition) is 1. The zero-order chi connectivity index (χ0) is 13.9. The van der Waals surface area contributed by atoms with Crippen molar-refractivity contribution in [2.75, 3.05) is 0 Å². The number of nitrogens with zero attached hydrogens (tertiary/aromatic N) is 1. The average Bonchev–Trinajstić information content (AvgIpc) is 2.28. The fraction of sp³-hybridized carbons (Fsp3) is 0.417. The normalized spacial score (nSPS) is 12.3. The monoisotopic (exact) mass is 270 g/mol. The Balaban J connectivity index is 2.94. The first-order valence-electron chi connectivity index (χ1n) is 5.57. The highest BCUT2D eigenvalue weighted by Crippen LogP contribution is 2.25. The fourth-order valence-corrected chi connectivity index (χ4v) is 1.44. The van der Waals surface area contributed by atoms with E-state index in [1.54, 1.807) is 0 Å². The molecule has 0 fully saturated rings. The van der Waals surface area contributed by atoms with Gasteiger partial charge in [-0.2, -0.15) is 0 Å². The van der Waals surface area contributed by atoms with Gasteiger partial charge < -0.3 is 5.32 Å².